The van der Waals surface area contributed by atoms with Gasteiger partial charge in [-0.25, -0.2) is 8.42 Å². The van der Waals surface area contributed by atoms with Crippen LogP contribution in [-0.2, 0) is 14.8 Å². The SMILES string of the molecule is CCCN(CC(=O)O)S(=O)(=O)c1cn[nH]c1. The van der Waals surface area contributed by atoms with Gasteiger partial charge in [-0.15, -0.1) is 0 Å². The molecule has 90 valence electrons. The van der Waals surface area contributed by atoms with Crippen molar-refractivity contribution >= 4 is 16.0 Å². The lowest BCUT2D eigenvalue weighted by Crippen LogP contribution is -2.36. The number of hydrogen-bond donors (Lipinski definition) is 2. The van der Waals surface area contributed by atoms with Gasteiger partial charge >= 0.3 is 5.97 Å². The number of rotatable bonds is 6. The number of carboxylic acids is 1. The molecular weight excluding hydrogens is 234 g/mol. The summed E-state index contributed by atoms with van der Waals surface area (Å²) in [5.41, 5.74) is 0. The summed E-state index contributed by atoms with van der Waals surface area (Å²) in [6.45, 7) is 1.40. The van der Waals surface area contributed by atoms with Crippen LogP contribution in [0.5, 0.6) is 0 Å². The minimum atomic E-state index is -3.76. The number of sulfonamides is 1. The maximum absolute atomic E-state index is 11.9. The topological polar surface area (TPSA) is 103 Å². The fourth-order valence-corrected chi connectivity index (χ4v) is 2.60. The third-order valence-corrected chi connectivity index (χ3v) is 3.71. The quantitative estimate of drug-likeness (QED) is 0.730. The van der Waals surface area contributed by atoms with E-state index in [1.54, 1.807) is 6.92 Å². The van der Waals surface area contributed by atoms with Crippen LogP contribution in [0.1, 0.15) is 13.3 Å². The first-order valence-corrected chi connectivity index (χ1v) is 6.13. The van der Waals surface area contributed by atoms with Gasteiger partial charge in [-0.1, -0.05) is 6.92 Å². The highest BCUT2D eigenvalue weighted by Crippen LogP contribution is 2.13. The van der Waals surface area contributed by atoms with Crippen LogP contribution in [0.4, 0.5) is 0 Å². The van der Waals surface area contributed by atoms with Gasteiger partial charge in [0.1, 0.15) is 11.4 Å². The van der Waals surface area contributed by atoms with Crippen molar-refractivity contribution in [1.29, 1.82) is 0 Å². The molecule has 0 spiro atoms. The second-order valence-corrected chi connectivity index (χ2v) is 5.10. The van der Waals surface area contributed by atoms with Crippen LogP contribution in [0.2, 0.25) is 0 Å². The zero-order valence-corrected chi connectivity index (χ0v) is 9.57. The zero-order chi connectivity index (χ0) is 12.2. The summed E-state index contributed by atoms with van der Waals surface area (Å²) < 4.78 is 24.8. The van der Waals surface area contributed by atoms with E-state index < -0.39 is 22.5 Å². The molecule has 7 nitrogen and oxygen atoms in total. The molecule has 1 rings (SSSR count). The van der Waals surface area contributed by atoms with Crippen molar-refractivity contribution in [3.05, 3.63) is 12.4 Å². The van der Waals surface area contributed by atoms with Crippen molar-refractivity contribution in [2.75, 3.05) is 13.1 Å². The van der Waals surface area contributed by atoms with Crippen LogP contribution in [0.15, 0.2) is 17.3 Å². The predicted molar refractivity (Wildman–Crippen MR) is 55.3 cm³/mol. The molecule has 0 aliphatic carbocycles. The first-order chi connectivity index (χ1) is 7.48. The summed E-state index contributed by atoms with van der Waals surface area (Å²) in [6, 6.07) is 0. The molecule has 0 fully saturated rings. The van der Waals surface area contributed by atoms with Gasteiger partial charge < -0.3 is 5.11 Å². The van der Waals surface area contributed by atoms with Gasteiger partial charge in [0.05, 0.1) is 6.20 Å². The molecule has 0 aliphatic heterocycles. The Hall–Kier alpha value is -1.41. The van der Waals surface area contributed by atoms with Gasteiger partial charge in [-0.3, -0.25) is 9.89 Å². The molecule has 0 saturated heterocycles. The Bertz CT molecular complexity index is 440. The van der Waals surface area contributed by atoms with E-state index in [0.717, 1.165) is 10.5 Å². The first-order valence-electron chi connectivity index (χ1n) is 4.69. The second kappa shape index (κ2) is 5.08. The standard InChI is InChI=1S/C8H13N3O4S/c1-2-3-11(6-8(12)13)16(14,15)7-4-9-10-5-7/h4-5H,2-3,6H2,1H3,(H,9,10)(H,12,13). The monoisotopic (exact) mass is 247 g/mol. The van der Waals surface area contributed by atoms with Gasteiger partial charge in [0.2, 0.25) is 10.0 Å². The molecule has 0 aliphatic rings. The minimum Gasteiger partial charge on any atom is -0.480 e. The smallest absolute Gasteiger partial charge is 0.318 e. The molecule has 16 heavy (non-hydrogen) atoms. The molecular formula is C8H13N3O4S. The average molecular weight is 247 g/mol. The normalized spacial score (nSPS) is 11.9. The van der Waals surface area contributed by atoms with E-state index in [-0.39, 0.29) is 11.4 Å². The average Bonchev–Trinajstić information content (AvgIpc) is 2.69. The molecule has 1 heterocycles. The van der Waals surface area contributed by atoms with Gasteiger partial charge in [0.15, 0.2) is 0 Å². The van der Waals surface area contributed by atoms with Crippen LogP contribution in [0.3, 0.4) is 0 Å². The molecule has 0 saturated carbocycles. The number of aromatic amines is 1. The van der Waals surface area contributed by atoms with Crippen molar-refractivity contribution < 1.29 is 18.3 Å². The van der Waals surface area contributed by atoms with Gasteiger partial charge in [-0.05, 0) is 6.42 Å². The van der Waals surface area contributed by atoms with E-state index in [2.05, 4.69) is 10.2 Å². The Morgan fingerprint density at radius 1 is 1.62 bits per heavy atom. The lowest BCUT2D eigenvalue weighted by atomic mass is 10.5. The Kier molecular flexibility index (Phi) is 4.02. The summed E-state index contributed by atoms with van der Waals surface area (Å²) in [5.74, 6) is -1.18. The Labute approximate surface area is 93.1 Å². The summed E-state index contributed by atoms with van der Waals surface area (Å²) in [5, 5.41) is 14.6. The molecule has 8 heteroatoms. The summed E-state index contributed by atoms with van der Waals surface area (Å²) in [6.07, 6.45) is 2.92. The minimum absolute atomic E-state index is 0.0257. The number of carboxylic acid groups (broad SMARTS) is 1. The van der Waals surface area contributed by atoms with Crippen LogP contribution in [-0.4, -0.2) is 47.1 Å². The Morgan fingerprint density at radius 3 is 2.75 bits per heavy atom. The van der Waals surface area contributed by atoms with E-state index in [0.29, 0.717) is 6.42 Å². The van der Waals surface area contributed by atoms with E-state index in [1.807, 2.05) is 0 Å². The highest BCUT2D eigenvalue weighted by Gasteiger charge is 2.26. The number of aromatic nitrogens is 2. The van der Waals surface area contributed by atoms with Crippen LogP contribution >= 0.6 is 0 Å². The van der Waals surface area contributed by atoms with Crippen molar-refractivity contribution in [2.45, 2.75) is 18.2 Å². The summed E-state index contributed by atoms with van der Waals surface area (Å²) >= 11 is 0. The number of nitrogens with one attached hydrogen (secondary N) is 1. The summed E-state index contributed by atoms with van der Waals surface area (Å²) in [7, 11) is -3.76. The number of hydrogen-bond acceptors (Lipinski definition) is 4. The molecule has 0 atom stereocenters. The van der Waals surface area contributed by atoms with Gasteiger partial charge in [0.25, 0.3) is 0 Å². The molecule has 1 aromatic heterocycles. The highest BCUT2D eigenvalue weighted by molar-refractivity contribution is 7.89. The van der Waals surface area contributed by atoms with Crippen LogP contribution < -0.4 is 0 Å². The van der Waals surface area contributed by atoms with Crippen molar-refractivity contribution in [3.8, 4) is 0 Å². The molecule has 0 aromatic carbocycles. The summed E-state index contributed by atoms with van der Waals surface area (Å²) in [4.78, 5) is 10.5. The zero-order valence-electron chi connectivity index (χ0n) is 8.75. The lowest BCUT2D eigenvalue weighted by molar-refractivity contribution is -0.137. The van der Waals surface area contributed by atoms with Crippen LogP contribution in [0, 0.1) is 0 Å². The Morgan fingerprint density at radius 2 is 2.31 bits per heavy atom. The molecule has 1 aromatic rings. The van der Waals surface area contributed by atoms with Crippen molar-refractivity contribution in [2.24, 2.45) is 0 Å². The third-order valence-electron chi connectivity index (χ3n) is 1.90. The lowest BCUT2D eigenvalue weighted by Gasteiger charge is -2.18. The van der Waals surface area contributed by atoms with Crippen molar-refractivity contribution in [1.82, 2.24) is 14.5 Å². The number of H-pyrrole nitrogens is 1. The number of nitrogens with zero attached hydrogens (tertiary/aromatic N) is 2. The molecule has 0 unspecified atom stereocenters. The number of carbonyl (C=O) groups is 1. The van der Waals surface area contributed by atoms with E-state index >= 15 is 0 Å². The third kappa shape index (κ3) is 2.80. The predicted octanol–water partition coefficient (Wildman–Crippen LogP) is -0.105. The molecule has 0 bridgehead atoms. The molecule has 2 N–H and O–H groups in total. The van der Waals surface area contributed by atoms with E-state index in [4.69, 9.17) is 5.11 Å². The van der Waals surface area contributed by atoms with Gasteiger partial charge in [-0.2, -0.15) is 9.40 Å². The highest BCUT2D eigenvalue weighted by atomic mass is 32.2. The largest absolute Gasteiger partial charge is 0.480 e. The van der Waals surface area contributed by atoms with Crippen molar-refractivity contribution in [3.63, 3.8) is 0 Å². The van der Waals surface area contributed by atoms with Crippen LogP contribution in [0.25, 0.3) is 0 Å². The fourth-order valence-electron chi connectivity index (χ4n) is 1.21. The van der Waals surface area contributed by atoms with E-state index in [1.165, 1.54) is 6.20 Å². The van der Waals surface area contributed by atoms with E-state index in [9.17, 15) is 13.2 Å². The number of aliphatic carboxylic acids is 1. The fraction of sp³-hybridized carbons (Fsp3) is 0.500. The Balaban J connectivity index is 2.97. The molecule has 0 amide bonds. The maximum Gasteiger partial charge on any atom is 0.318 e. The second-order valence-electron chi connectivity index (χ2n) is 3.17. The maximum atomic E-state index is 11.9. The first kappa shape index (κ1) is 12.7. The molecule has 0 radical (unpaired) electrons. The van der Waals surface area contributed by atoms with Gasteiger partial charge in [0, 0.05) is 12.7 Å².